The van der Waals surface area contributed by atoms with Crippen LogP contribution in [0.25, 0.3) is 0 Å². The van der Waals surface area contributed by atoms with Crippen molar-refractivity contribution in [2.75, 3.05) is 26.6 Å². The van der Waals surface area contributed by atoms with E-state index in [1.807, 2.05) is 12.1 Å². The molecule has 0 heterocycles. The lowest BCUT2D eigenvalue weighted by Crippen LogP contribution is -2.27. The van der Waals surface area contributed by atoms with Crippen LogP contribution in [0, 0.1) is 23.7 Å². The minimum atomic E-state index is -0.537. The quantitative estimate of drug-likeness (QED) is 0.216. The number of hydrogen-bond donors (Lipinski definition) is 0. The van der Waals surface area contributed by atoms with Gasteiger partial charge in [0, 0.05) is 0 Å². The third-order valence-corrected chi connectivity index (χ3v) is 10.4. The van der Waals surface area contributed by atoms with Crippen LogP contribution in [-0.4, -0.2) is 36.1 Å². The molecule has 0 bridgehead atoms. The van der Waals surface area contributed by atoms with E-state index in [1.165, 1.54) is 88.3 Å². The average Bonchev–Trinajstić information content (AvgIpc) is 2.86. The van der Waals surface area contributed by atoms with Crippen LogP contribution in [0.4, 0.5) is 8.78 Å². The summed E-state index contributed by atoms with van der Waals surface area (Å²) in [6, 6.07) is 7.15. The van der Waals surface area contributed by atoms with Gasteiger partial charge in [0.25, 0.3) is 0 Å². The van der Waals surface area contributed by atoms with Gasteiger partial charge in [-0.05, 0) is 60.6 Å². The Balaban J connectivity index is 1.42. The van der Waals surface area contributed by atoms with E-state index in [1.54, 1.807) is 0 Å². The van der Waals surface area contributed by atoms with Crippen molar-refractivity contribution in [2.24, 2.45) is 23.7 Å². The van der Waals surface area contributed by atoms with E-state index in [4.69, 9.17) is 9.47 Å². The summed E-state index contributed by atoms with van der Waals surface area (Å²) in [4.78, 5) is 0. The maximum atomic E-state index is 12.7. The summed E-state index contributed by atoms with van der Waals surface area (Å²) in [6.07, 6.45) is 17.1. The van der Waals surface area contributed by atoms with Crippen molar-refractivity contribution in [2.45, 2.75) is 90.0 Å². The molecule has 2 aliphatic carbocycles. The van der Waals surface area contributed by atoms with Crippen LogP contribution in [0.1, 0.15) is 84.0 Å². The molecule has 0 atom stereocenters. The molecule has 0 radical (unpaired) electrons. The Labute approximate surface area is 203 Å². The van der Waals surface area contributed by atoms with Gasteiger partial charge in [-0.1, -0.05) is 76.5 Å². The Morgan fingerprint density at radius 3 is 2.09 bits per heavy atom. The van der Waals surface area contributed by atoms with Gasteiger partial charge < -0.3 is 9.47 Å². The van der Waals surface area contributed by atoms with Gasteiger partial charge >= 0.3 is 0 Å². The molecule has 0 unspecified atom stereocenters. The zero-order chi connectivity index (χ0) is 23.3. The monoisotopic (exact) mass is 480 g/mol. The van der Waals surface area contributed by atoms with Crippen LogP contribution < -0.4 is 14.7 Å². The van der Waals surface area contributed by atoms with E-state index < -0.39 is 22.9 Å². The normalized spacial score (nSPS) is 26.0. The first-order chi connectivity index (χ1) is 16.2. The summed E-state index contributed by atoms with van der Waals surface area (Å²) in [5.41, 5.74) is 0. The minimum absolute atomic E-state index is 0.0155. The molecule has 0 N–H and O–H groups in total. The third-order valence-electron chi connectivity index (χ3n) is 8.21. The first kappa shape index (κ1) is 26.5. The zero-order valence-electron chi connectivity index (χ0n) is 20.8. The van der Waals surface area contributed by atoms with E-state index in [0.29, 0.717) is 11.5 Å². The van der Waals surface area contributed by atoms with Crippen molar-refractivity contribution in [1.29, 1.82) is 0 Å². The third kappa shape index (κ3) is 8.56. The number of alkyl halides is 2. The van der Waals surface area contributed by atoms with Gasteiger partial charge in [0.1, 0.15) is 26.6 Å². The van der Waals surface area contributed by atoms with Crippen molar-refractivity contribution in [3.8, 4) is 11.5 Å². The smallest absolute Gasteiger partial charge is 0.161 e. The summed E-state index contributed by atoms with van der Waals surface area (Å²) >= 11 is 0. The first-order valence-electron chi connectivity index (χ1n) is 13.7. The van der Waals surface area contributed by atoms with Crippen LogP contribution in [-0.2, 0) is 0 Å². The number of unbranched alkanes of at least 4 members (excludes halogenated alkanes) is 2. The molecule has 0 amide bonds. The Bertz CT molecular complexity index is 655. The fraction of sp³-hybridized carbons (Fsp3) is 0.786. The SMILES string of the molecule is CCCCCC1CCC(C2CCC(C[SiH2]c3cccc(OCCF)c3OCCF)CC2)CC1. The molecule has 188 valence electrons. The van der Waals surface area contributed by atoms with E-state index in [2.05, 4.69) is 13.0 Å². The second-order valence-electron chi connectivity index (χ2n) is 10.4. The van der Waals surface area contributed by atoms with E-state index >= 15 is 0 Å². The van der Waals surface area contributed by atoms with Crippen LogP contribution in [0.3, 0.4) is 0 Å². The van der Waals surface area contributed by atoms with Gasteiger partial charge in [0.2, 0.25) is 0 Å². The molecular formula is C28H46F2O2Si. The topological polar surface area (TPSA) is 18.5 Å². The molecule has 2 nitrogen and oxygen atoms in total. The Kier molecular flexibility index (Phi) is 12.1. The molecule has 2 fully saturated rings. The minimum Gasteiger partial charge on any atom is -0.487 e. The highest BCUT2D eigenvalue weighted by molar-refractivity contribution is 6.54. The lowest BCUT2D eigenvalue weighted by molar-refractivity contribution is 0.146. The molecule has 2 saturated carbocycles. The zero-order valence-corrected chi connectivity index (χ0v) is 22.3. The Hall–Kier alpha value is -1.10. The second kappa shape index (κ2) is 15.0. The van der Waals surface area contributed by atoms with E-state index in [0.717, 1.165) is 23.7 Å². The van der Waals surface area contributed by atoms with Crippen molar-refractivity contribution in [3.05, 3.63) is 18.2 Å². The maximum absolute atomic E-state index is 12.7. The number of benzene rings is 1. The largest absolute Gasteiger partial charge is 0.487 e. The molecular weight excluding hydrogens is 434 g/mol. The van der Waals surface area contributed by atoms with Crippen LogP contribution in [0.2, 0.25) is 6.04 Å². The summed E-state index contributed by atoms with van der Waals surface area (Å²) < 4.78 is 36.6. The lowest BCUT2D eigenvalue weighted by Gasteiger charge is -2.38. The molecule has 0 spiro atoms. The molecule has 2 aliphatic rings. The fourth-order valence-corrected chi connectivity index (χ4v) is 8.37. The van der Waals surface area contributed by atoms with Gasteiger partial charge in [-0.15, -0.1) is 0 Å². The van der Waals surface area contributed by atoms with Crippen LogP contribution in [0.15, 0.2) is 18.2 Å². The standard InChI is InChI=1S/C28H46F2O2Si/c1-2-3-4-6-22-9-13-24(14-10-22)25-15-11-23(12-16-25)21-33-27-8-5-7-26(31-19-17-29)28(27)32-20-18-30/h5,7-8,22-25H,2-4,6,9-21,33H2,1H3. The van der Waals surface area contributed by atoms with E-state index in [-0.39, 0.29) is 13.2 Å². The van der Waals surface area contributed by atoms with Crippen molar-refractivity contribution in [3.63, 3.8) is 0 Å². The van der Waals surface area contributed by atoms with Gasteiger partial charge in [-0.3, -0.25) is 0 Å². The van der Waals surface area contributed by atoms with Crippen LogP contribution in [0.5, 0.6) is 11.5 Å². The summed E-state index contributed by atoms with van der Waals surface area (Å²) in [5, 5.41) is 1.20. The summed E-state index contributed by atoms with van der Waals surface area (Å²) in [5.74, 6) is 5.01. The number of ether oxygens (including phenoxy) is 2. The highest BCUT2D eigenvalue weighted by Crippen LogP contribution is 2.43. The lowest BCUT2D eigenvalue weighted by atomic mass is 9.69. The fourth-order valence-electron chi connectivity index (χ4n) is 6.26. The first-order valence-corrected chi connectivity index (χ1v) is 15.4. The van der Waals surface area contributed by atoms with E-state index in [9.17, 15) is 8.78 Å². The molecule has 1 aromatic rings. The molecule has 5 heteroatoms. The molecule has 3 rings (SSSR count). The predicted molar refractivity (Wildman–Crippen MR) is 137 cm³/mol. The Morgan fingerprint density at radius 1 is 0.818 bits per heavy atom. The Morgan fingerprint density at radius 2 is 1.45 bits per heavy atom. The molecule has 0 aromatic heterocycles. The molecule has 33 heavy (non-hydrogen) atoms. The highest BCUT2D eigenvalue weighted by atomic mass is 28.2. The summed E-state index contributed by atoms with van der Waals surface area (Å²) in [6.45, 7) is 1.29. The number of para-hydroxylation sites is 1. The van der Waals surface area contributed by atoms with Crippen LogP contribution >= 0.6 is 0 Å². The number of hydrogen-bond acceptors (Lipinski definition) is 2. The highest BCUT2D eigenvalue weighted by Gasteiger charge is 2.30. The number of rotatable bonds is 14. The van der Waals surface area contributed by atoms with Gasteiger partial charge in [0.05, 0.1) is 9.52 Å². The van der Waals surface area contributed by atoms with Gasteiger partial charge in [-0.2, -0.15) is 0 Å². The number of halogens is 2. The van der Waals surface area contributed by atoms with Gasteiger partial charge in [-0.25, -0.2) is 8.78 Å². The van der Waals surface area contributed by atoms with Crippen molar-refractivity contribution in [1.82, 2.24) is 0 Å². The average molecular weight is 481 g/mol. The van der Waals surface area contributed by atoms with Crippen molar-refractivity contribution < 1.29 is 18.3 Å². The molecule has 0 aliphatic heterocycles. The maximum Gasteiger partial charge on any atom is 0.161 e. The van der Waals surface area contributed by atoms with Gasteiger partial charge in [0.15, 0.2) is 11.5 Å². The summed E-state index contributed by atoms with van der Waals surface area (Å²) in [7, 11) is -0.537. The second-order valence-corrected chi connectivity index (χ2v) is 12.3. The molecule has 1 aromatic carbocycles. The molecule has 0 saturated heterocycles. The predicted octanol–water partition coefficient (Wildman–Crippen LogP) is 6.79. The van der Waals surface area contributed by atoms with Crippen molar-refractivity contribution >= 4 is 14.7 Å².